The van der Waals surface area contributed by atoms with E-state index in [1.807, 2.05) is 13.8 Å². The maximum absolute atomic E-state index is 11.7. The molecule has 4 heteroatoms. The predicted molar refractivity (Wildman–Crippen MR) is 54.7 cm³/mol. The molecule has 0 radical (unpaired) electrons. The van der Waals surface area contributed by atoms with Crippen LogP contribution in [0.4, 0.5) is 0 Å². The number of nitrogens with zero attached hydrogens (tertiary/aromatic N) is 1. The predicted octanol–water partition coefficient (Wildman–Crippen LogP) is 0.0955. The van der Waals surface area contributed by atoms with Crippen LogP contribution in [-0.2, 0) is 4.79 Å². The minimum atomic E-state index is -0.441. The van der Waals surface area contributed by atoms with Gasteiger partial charge in [-0.1, -0.05) is 6.92 Å². The molecule has 1 aliphatic heterocycles. The lowest BCUT2D eigenvalue weighted by atomic mass is 10.0. The zero-order chi connectivity index (χ0) is 10.7. The molecule has 3 N–H and O–H groups in total. The van der Waals surface area contributed by atoms with Crippen molar-refractivity contribution in [2.24, 2.45) is 5.73 Å². The third-order valence-electron chi connectivity index (χ3n) is 2.98. The monoisotopic (exact) mass is 200 g/mol. The van der Waals surface area contributed by atoms with Crippen LogP contribution in [0.25, 0.3) is 0 Å². The normalized spacial score (nSPS) is 27.6. The molecule has 0 spiro atoms. The average Bonchev–Trinajstić information content (AvgIpc) is 2.20. The van der Waals surface area contributed by atoms with E-state index in [-0.39, 0.29) is 18.0 Å². The molecule has 3 atom stereocenters. The fraction of sp³-hybridized carbons (Fsp3) is 0.900. The number of rotatable bonds is 3. The highest BCUT2D eigenvalue weighted by Gasteiger charge is 2.31. The molecule has 1 saturated heterocycles. The van der Waals surface area contributed by atoms with Crippen LogP contribution in [0.15, 0.2) is 0 Å². The number of carbonyl (C=O) groups is 1. The summed E-state index contributed by atoms with van der Waals surface area (Å²) in [5.74, 6) is -0.0174. The van der Waals surface area contributed by atoms with Crippen LogP contribution < -0.4 is 5.73 Å². The Kier molecular flexibility index (Phi) is 3.89. The first kappa shape index (κ1) is 11.5. The number of piperidine rings is 1. The van der Waals surface area contributed by atoms with Gasteiger partial charge in [-0.2, -0.15) is 0 Å². The van der Waals surface area contributed by atoms with Crippen molar-refractivity contribution in [1.82, 2.24) is 4.90 Å². The van der Waals surface area contributed by atoms with E-state index in [1.54, 1.807) is 4.90 Å². The summed E-state index contributed by atoms with van der Waals surface area (Å²) in [6, 6.07) is -0.478. The highest BCUT2D eigenvalue weighted by Crippen LogP contribution is 2.16. The smallest absolute Gasteiger partial charge is 0.239 e. The summed E-state index contributed by atoms with van der Waals surface area (Å²) in [5, 5.41) is 9.65. The molecule has 14 heavy (non-hydrogen) atoms. The van der Waals surface area contributed by atoms with Crippen LogP contribution >= 0.6 is 0 Å². The molecule has 1 fully saturated rings. The molecule has 0 aromatic carbocycles. The van der Waals surface area contributed by atoms with E-state index in [0.29, 0.717) is 6.42 Å². The zero-order valence-electron chi connectivity index (χ0n) is 8.94. The average molecular weight is 200 g/mol. The summed E-state index contributed by atoms with van der Waals surface area (Å²) < 4.78 is 0. The standard InChI is InChI=1S/C10H20N2O2/c1-3-9(13)7(2)12-6-4-5-8(11)10(12)14/h7-9,13H,3-6,11H2,1-2H3. The Morgan fingerprint density at radius 3 is 2.93 bits per heavy atom. The quantitative estimate of drug-likeness (QED) is 0.679. The van der Waals surface area contributed by atoms with Crippen molar-refractivity contribution in [3.8, 4) is 0 Å². The number of hydrogen-bond acceptors (Lipinski definition) is 3. The van der Waals surface area contributed by atoms with Gasteiger partial charge in [0.05, 0.1) is 18.2 Å². The first-order chi connectivity index (χ1) is 6.57. The number of amides is 1. The zero-order valence-corrected chi connectivity index (χ0v) is 8.94. The first-order valence-electron chi connectivity index (χ1n) is 5.32. The van der Waals surface area contributed by atoms with Crippen molar-refractivity contribution in [1.29, 1.82) is 0 Å². The van der Waals surface area contributed by atoms with Gasteiger partial charge in [0.15, 0.2) is 0 Å². The van der Waals surface area contributed by atoms with E-state index in [9.17, 15) is 9.90 Å². The van der Waals surface area contributed by atoms with Crippen molar-refractivity contribution >= 4 is 5.91 Å². The van der Waals surface area contributed by atoms with Crippen LogP contribution in [0, 0.1) is 0 Å². The fourth-order valence-corrected chi connectivity index (χ4v) is 1.88. The number of nitrogens with two attached hydrogens (primary N) is 1. The number of aliphatic hydroxyl groups is 1. The molecule has 1 rings (SSSR count). The van der Waals surface area contributed by atoms with Gasteiger partial charge >= 0.3 is 0 Å². The Balaban J connectivity index is 2.61. The van der Waals surface area contributed by atoms with E-state index in [1.165, 1.54) is 0 Å². The van der Waals surface area contributed by atoms with Gasteiger partial charge in [-0.05, 0) is 26.2 Å². The second-order valence-electron chi connectivity index (χ2n) is 4.00. The van der Waals surface area contributed by atoms with E-state index in [4.69, 9.17) is 5.73 Å². The molecule has 0 saturated carbocycles. The number of hydrogen-bond donors (Lipinski definition) is 2. The van der Waals surface area contributed by atoms with Crippen LogP contribution in [0.2, 0.25) is 0 Å². The van der Waals surface area contributed by atoms with Crippen molar-refractivity contribution in [3.63, 3.8) is 0 Å². The van der Waals surface area contributed by atoms with Gasteiger partial charge < -0.3 is 15.7 Å². The second kappa shape index (κ2) is 4.75. The Bertz CT molecular complexity index is 208. The molecule has 4 nitrogen and oxygen atoms in total. The van der Waals surface area contributed by atoms with Gasteiger partial charge in [-0.25, -0.2) is 0 Å². The Labute approximate surface area is 85.1 Å². The third kappa shape index (κ3) is 2.25. The maximum Gasteiger partial charge on any atom is 0.239 e. The van der Waals surface area contributed by atoms with Crippen molar-refractivity contribution in [3.05, 3.63) is 0 Å². The van der Waals surface area contributed by atoms with E-state index in [0.717, 1.165) is 19.4 Å². The second-order valence-corrected chi connectivity index (χ2v) is 4.00. The summed E-state index contributed by atoms with van der Waals surface area (Å²) in [4.78, 5) is 13.4. The minimum absolute atomic E-state index is 0.0174. The lowest BCUT2D eigenvalue weighted by Gasteiger charge is -2.37. The number of aliphatic hydroxyl groups excluding tert-OH is 1. The van der Waals surface area contributed by atoms with Crippen LogP contribution in [-0.4, -0.2) is 40.6 Å². The molecule has 1 aliphatic rings. The van der Waals surface area contributed by atoms with E-state index in [2.05, 4.69) is 0 Å². The Morgan fingerprint density at radius 1 is 1.71 bits per heavy atom. The summed E-state index contributed by atoms with van der Waals surface area (Å²) in [5.41, 5.74) is 5.68. The molecular weight excluding hydrogens is 180 g/mol. The van der Waals surface area contributed by atoms with Gasteiger partial charge in [0, 0.05) is 6.54 Å². The molecule has 1 amide bonds. The minimum Gasteiger partial charge on any atom is -0.391 e. The van der Waals surface area contributed by atoms with Crippen molar-refractivity contribution in [2.75, 3.05) is 6.54 Å². The molecular formula is C10H20N2O2. The molecule has 3 unspecified atom stereocenters. The summed E-state index contributed by atoms with van der Waals surface area (Å²) in [6.45, 7) is 4.52. The molecule has 0 aliphatic carbocycles. The number of carbonyl (C=O) groups excluding carboxylic acids is 1. The summed E-state index contributed by atoms with van der Waals surface area (Å²) in [7, 11) is 0. The fourth-order valence-electron chi connectivity index (χ4n) is 1.88. The van der Waals surface area contributed by atoms with E-state index < -0.39 is 6.10 Å². The largest absolute Gasteiger partial charge is 0.391 e. The lowest BCUT2D eigenvalue weighted by Crippen LogP contribution is -2.54. The van der Waals surface area contributed by atoms with Crippen LogP contribution in [0.5, 0.6) is 0 Å². The Hall–Kier alpha value is -0.610. The first-order valence-corrected chi connectivity index (χ1v) is 5.32. The molecule has 1 heterocycles. The van der Waals surface area contributed by atoms with Crippen LogP contribution in [0.3, 0.4) is 0 Å². The molecule has 0 aromatic heterocycles. The van der Waals surface area contributed by atoms with Gasteiger partial charge in [0.2, 0.25) is 5.91 Å². The SMILES string of the molecule is CCC(O)C(C)N1CCCC(N)C1=O. The third-order valence-corrected chi connectivity index (χ3v) is 2.98. The molecule has 0 bridgehead atoms. The summed E-state index contributed by atoms with van der Waals surface area (Å²) >= 11 is 0. The highest BCUT2D eigenvalue weighted by molar-refractivity contribution is 5.82. The maximum atomic E-state index is 11.7. The van der Waals surface area contributed by atoms with Gasteiger partial charge in [0.25, 0.3) is 0 Å². The highest BCUT2D eigenvalue weighted by atomic mass is 16.3. The van der Waals surface area contributed by atoms with Crippen molar-refractivity contribution in [2.45, 2.75) is 51.3 Å². The van der Waals surface area contributed by atoms with E-state index >= 15 is 0 Å². The van der Waals surface area contributed by atoms with Crippen molar-refractivity contribution < 1.29 is 9.90 Å². The summed E-state index contributed by atoms with van der Waals surface area (Å²) in [6.07, 6.45) is 1.93. The lowest BCUT2D eigenvalue weighted by molar-refractivity contribution is -0.139. The van der Waals surface area contributed by atoms with Crippen LogP contribution in [0.1, 0.15) is 33.1 Å². The van der Waals surface area contributed by atoms with Gasteiger partial charge in [0.1, 0.15) is 0 Å². The molecule has 0 aromatic rings. The van der Waals surface area contributed by atoms with Gasteiger partial charge in [-0.15, -0.1) is 0 Å². The van der Waals surface area contributed by atoms with Gasteiger partial charge in [-0.3, -0.25) is 4.79 Å². The Morgan fingerprint density at radius 2 is 2.36 bits per heavy atom. The topological polar surface area (TPSA) is 66.6 Å². The molecule has 82 valence electrons. The number of likely N-dealkylation sites (tertiary alicyclic amines) is 1.